The minimum Gasteiger partial charge on any atom is -0.354 e. The Hall–Kier alpha value is -1.92. The quantitative estimate of drug-likeness (QED) is 0.807. The van der Waals surface area contributed by atoms with Gasteiger partial charge in [-0.15, -0.1) is 0 Å². The second kappa shape index (κ2) is 7.77. The van der Waals surface area contributed by atoms with Crippen LogP contribution < -0.4 is 4.90 Å². The Morgan fingerprint density at radius 2 is 1.88 bits per heavy atom. The van der Waals surface area contributed by atoms with Crippen LogP contribution in [-0.4, -0.2) is 64.6 Å². The van der Waals surface area contributed by atoms with Crippen LogP contribution in [0.2, 0.25) is 0 Å². The van der Waals surface area contributed by atoms with E-state index in [1.54, 1.807) is 0 Å². The van der Waals surface area contributed by atoms with Gasteiger partial charge in [0.15, 0.2) is 0 Å². The van der Waals surface area contributed by atoms with Crippen LogP contribution in [-0.2, 0) is 19.6 Å². The molecular formula is C18H28N6. The number of pyridine rings is 1. The molecule has 3 heterocycles. The molecule has 0 bridgehead atoms. The third-order valence-corrected chi connectivity index (χ3v) is 4.51. The smallest absolute Gasteiger partial charge is 0.128 e. The number of nitrogens with zero attached hydrogens (tertiary/aromatic N) is 6. The van der Waals surface area contributed by atoms with Crippen LogP contribution in [0.1, 0.15) is 18.3 Å². The number of anilines is 1. The standard InChI is InChI=1S/C18H28N6/c1-4-23-8-7-19-18(23)15-22-9-11-24(12-10-22)17-6-5-16(13-20-17)14-21(2)3/h5-8,13H,4,9-12,14-15H2,1-3H3. The first kappa shape index (κ1) is 16.9. The molecule has 0 amide bonds. The lowest BCUT2D eigenvalue weighted by Crippen LogP contribution is -2.46. The summed E-state index contributed by atoms with van der Waals surface area (Å²) in [5.74, 6) is 2.25. The molecule has 0 aromatic carbocycles. The van der Waals surface area contributed by atoms with Crippen molar-refractivity contribution in [3.63, 3.8) is 0 Å². The van der Waals surface area contributed by atoms with Crippen LogP contribution in [0.25, 0.3) is 0 Å². The molecule has 130 valence electrons. The zero-order valence-corrected chi connectivity index (χ0v) is 15.0. The maximum atomic E-state index is 4.65. The summed E-state index contributed by atoms with van der Waals surface area (Å²) in [7, 11) is 4.16. The lowest BCUT2D eigenvalue weighted by molar-refractivity contribution is 0.240. The Morgan fingerprint density at radius 3 is 2.50 bits per heavy atom. The first-order valence-electron chi connectivity index (χ1n) is 8.72. The lowest BCUT2D eigenvalue weighted by atomic mass is 10.2. The van der Waals surface area contributed by atoms with Gasteiger partial charge in [0.2, 0.25) is 0 Å². The van der Waals surface area contributed by atoms with Gasteiger partial charge in [0.1, 0.15) is 11.6 Å². The van der Waals surface area contributed by atoms with Crippen molar-refractivity contribution in [1.82, 2.24) is 24.3 Å². The lowest BCUT2D eigenvalue weighted by Gasteiger charge is -2.35. The maximum absolute atomic E-state index is 4.65. The van der Waals surface area contributed by atoms with Gasteiger partial charge < -0.3 is 14.4 Å². The van der Waals surface area contributed by atoms with Crippen molar-refractivity contribution < 1.29 is 0 Å². The highest BCUT2D eigenvalue weighted by molar-refractivity contribution is 5.39. The highest BCUT2D eigenvalue weighted by atomic mass is 15.3. The summed E-state index contributed by atoms with van der Waals surface area (Å²) in [5, 5.41) is 0. The van der Waals surface area contributed by atoms with E-state index in [-0.39, 0.29) is 0 Å². The molecule has 0 saturated carbocycles. The molecule has 1 aliphatic heterocycles. The van der Waals surface area contributed by atoms with Gasteiger partial charge >= 0.3 is 0 Å². The molecule has 1 saturated heterocycles. The third-order valence-electron chi connectivity index (χ3n) is 4.51. The van der Waals surface area contributed by atoms with E-state index >= 15 is 0 Å². The van der Waals surface area contributed by atoms with Crippen molar-refractivity contribution in [2.45, 2.75) is 26.6 Å². The van der Waals surface area contributed by atoms with Gasteiger partial charge in [-0.2, -0.15) is 0 Å². The Bertz CT molecular complexity index is 625. The fraction of sp³-hybridized carbons (Fsp3) is 0.556. The number of aryl methyl sites for hydroxylation is 1. The average molecular weight is 328 g/mol. The van der Waals surface area contributed by atoms with Gasteiger partial charge in [-0.05, 0) is 32.6 Å². The van der Waals surface area contributed by atoms with Gasteiger partial charge in [-0.25, -0.2) is 9.97 Å². The van der Waals surface area contributed by atoms with Gasteiger partial charge in [-0.3, -0.25) is 4.90 Å². The van der Waals surface area contributed by atoms with E-state index in [4.69, 9.17) is 0 Å². The third kappa shape index (κ3) is 4.13. The number of aromatic nitrogens is 3. The summed E-state index contributed by atoms with van der Waals surface area (Å²) in [6, 6.07) is 4.34. The van der Waals surface area contributed by atoms with Crippen molar-refractivity contribution in [2.24, 2.45) is 0 Å². The van der Waals surface area contributed by atoms with Crippen molar-refractivity contribution in [1.29, 1.82) is 0 Å². The SMILES string of the molecule is CCn1ccnc1CN1CCN(c2ccc(CN(C)C)cn2)CC1. The molecule has 2 aromatic heterocycles. The fourth-order valence-corrected chi connectivity index (χ4v) is 3.18. The molecule has 1 aliphatic rings. The number of imidazole rings is 1. The van der Waals surface area contributed by atoms with Crippen LogP contribution in [0.4, 0.5) is 5.82 Å². The largest absolute Gasteiger partial charge is 0.354 e. The molecule has 0 atom stereocenters. The Labute approximate surface area is 144 Å². The highest BCUT2D eigenvalue weighted by Gasteiger charge is 2.19. The Balaban J connectivity index is 1.53. The van der Waals surface area contributed by atoms with E-state index in [9.17, 15) is 0 Å². The van der Waals surface area contributed by atoms with E-state index in [1.807, 2.05) is 12.4 Å². The minimum absolute atomic E-state index is 0.934. The molecule has 0 N–H and O–H groups in total. The van der Waals surface area contributed by atoms with Crippen LogP contribution >= 0.6 is 0 Å². The summed E-state index contributed by atoms with van der Waals surface area (Å²) >= 11 is 0. The van der Waals surface area contributed by atoms with Crippen LogP contribution in [0, 0.1) is 0 Å². The van der Waals surface area contributed by atoms with Crippen LogP contribution in [0.5, 0.6) is 0 Å². The van der Waals surface area contributed by atoms with E-state index in [2.05, 4.69) is 68.6 Å². The molecule has 6 nitrogen and oxygen atoms in total. The summed E-state index contributed by atoms with van der Waals surface area (Å²) in [6.07, 6.45) is 5.96. The number of hydrogen-bond donors (Lipinski definition) is 0. The van der Waals surface area contributed by atoms with Crippen molar-refractivity contribution >= 4 is 5.82 Å². The maximum Gasteiger partial charge on any atom is 0.128 e. The second-order valence-electron chi connectivity index (χ2n) is 6.66. The molecule has 3 rings (SSSR count). The van der Waals surface area contributed by atoms with E-state index in [0.29, 0.717) is 0 Å². The Morgan fingerprint density at radius 1 is 1.08 bits per heavy atom. The van der Waals surface area contributed by atoms with Gasteiger partial charge in [0.05, 0.1) is 6.54 Å². The summed E-state index contributed by atoms with van der Waals surface area (Å²) in [6.45, 7) is 9.16. The highest BCUT2D eigenvalue weighted by Crippen LogP contribution is 2.15. The number of piperazine rings is 1. The zero-order valence-electron chi connectivity index (χ0n) is 15.0. The molecule has 1 fully saturated rings. The van der Waals surface area contributed by atoms with E-state index in [1.165, 1.54) is 5.56 Å². The summed E-state index contributed by atoms with van der Waals surface area (Å²) in [4.78, 5) is 16.1. The molecule has 0 radical (unpaired) electrons. The predicted octanol–water partition coefficient (Wildman–Crippen LogP) is 1.68. The molecule has 2 aromatic rings. The molecular weight excluding hydrogens is 300 g/mol. The molecule has 0 unspecified atom stereocenters. The normalized spacial score (nSPS) is 16.1. The summed E-state index contributed by atoms with van der Waals surface area (Å²) in [5.41, 5.74) is 1.26. The fourth-order valence-electron chi connectivity index (χ4n) is 3.18. The van der Waals surface area contributed by atoms with Gasteiger partial charge in [0.25, 0.3) is 0 Å². The van der Waals surface area contributed by atoms with Gasteiger partial charge in [-0.1, -0.05) is 6.07 Å². The Kier molecular flexibility index (Phi) is 5.48. The molecule has 24 heavy (non-hydrogen) atoms. The number of rotatable bonds is 6. The second-order valence-corrected chi connectivity index (χ2v) is 6.66. The summed E-state index contributed by atoms with van der Waals surface area (Å²) < 4.78 is 2.22. The van der Waals surface area contributed by atoms with E-state index < -0.39 is 0 Å². The van der Waals surface area contributed by atoms with E-state index in [0.717, 1.165) is 57.5 Å². The molecule has 0 aliphatic carbocycles. The van der Waals surface area contributed by atoms with Crippen LogP contribution in [0.3, 0.4) is 0 Å². The zero-order chi connectivity index (χ0) is 16.9. The average Bonchev–Trinajstić information content (AvgIpc) is 3.03. The van der Waals surface area contributed by atoms with Gasteiger partial charge in [0, 0.05) is 57.9 Å². The topological polar surface area (TPSA) is 40.4 Å². The van der Waals surface area contributed by atoms with Crippen LogP contribution in [0.15, 0.2) is 30.7 Å². The molecule has 0 spiro atoms. The molecule has 6 heteroatoms. The number of hydrogen-bond acceptors (Lipinski definition) is 5. The predicted molar refractivity (Wildman–Crippen MR) is 97.0 cm³/mol. The van der Waals surface area contributed by atoms with Crippen molar-refractivity contribution in [2.75, 3.05) is 45.2 Å². The first-order valence-corrected chi connectivity index (χ1v) is 8.72. The van der Waals surface area contributed by atoms with Crippen molar-refractivity contribution in [3.8, 4) is 0 Å². The first-order chi connectivity index (χ1) is 11.7. The van der Waals surface area contributed by atoms with Crippen molar-refractivity contribution in [3.05, 3.63) is 42.1 Å². The monoisotopic (exact) mass is 328 g/mol. The minimum atomic E-state index is 0.934.